The van der Waals surface area contributed by atoms with Crippen LogP contribution in [0.2, 0.25) is 0 Å². The van der Waals surface area contributed by atoms with E-state index in [0.717, 1.165) is 43.4 Å². The molecule has 0 aliphatic carbocycles. The van der Waals surface area contributed by atoms with Crippen LogP contribution >= 0.6 is 0 Å². The molecular weight excluding hydrogens is 268 g/mol. The second-order valence-electron chi connectivity index (χ2n) is 5.40. The van der Waals surface area contributed by atoms with Crippen molar-refractivity contribution >= 4 is 0 Å². The Kier molecular flexibility index (Phi) is 4.36. The lowest BCUT2D eigenvalue weighted by Gasteiger charge is -2.11. The smallest absolute Gasteiger partial charge is 0.194 e. The van der Waals surface area contributed by atoms with Crippen LogP contribution in [0.25, 0.3) is 11.6 Å². The normalized spacial score (nSPS) is 15.9. The minimum atomic E-state index is 0.0425. The SMILES string of the molecule is CCc1nc(-c2ccc(CN3CCCC3)o2)n(CCO)n1. The first-order valence-corrected chi connectivity index (χ1v) is 7.66. The Morgan fingerprint density at radius 1 is 1.29 bits per heavy atom. The molecule has 6 heteroatoms. The third-order valence-electron chi connectivity index (χ3n) is 3.80. The fourth-order valence-corrected chi connectivity index (χ4v) is 2.72. The number of nitrogens with zero attached hydrogens (tertiary/aromatic N) is 4. The van der Waals surface area contributed by atoms with E-state index in [9.17, 15) is 0 Å². The summed E-state index contributed by atoms with van der Waals surface area (Å²) in [6.45, 7) is 5.65. The lowest BCUT2D eigenvalue weighted by molar-refractivity contribution is 0.269. The molecule has 0 atom stereocenters. The van der Waals surface area contributed by atoms with E-state index >= 15 is 0 Å². The summed E-state index contributed by atoms with van der Waals surface area (Å²) in [4.78, 5) is 6.90. The van der Waals surface area contributed by atoms with Gasteiger partial charge in [0.2, 0.25) is 0 Å². The average Bonchev–Trinajstić information content (AvgIpc) is 3.20. The zero-order chi connectivity index (χ0) is 14.7. The number of aliphatic hydroxyl groups is 1. The molecule has 3 heterocycles. The number of hydrogen-bond donors (Lipinski definition) is 1. The van der Waals surface area contributed by atoms with Gasteiger partial charge in [-0.05, 0) is 38.1 Å². The molecule has 1 fully saturated rings. The van der Waals surface area contributed by atoms with Crippen molar-refractivity contribution in [3.63, 3.8) is 0 Å². The Labute approximate surface area is 124 Å². The summed E-state index contributed by atoms with van der Waals surface area (Å²) in [6, 6.07) is 3.96. The molecule has 6 nitrogen and oxygen atoms in total. The molecule has 114 valence electrons. The molecule has 1 aliphatic rings. The Morgan fingerprint density at radius 3 is 2.81 bits per heavy atom. The third-order valence-corrected chi connectivity index (χ3v) is 3.80. The molecule has 0 bridgehead atoms. The van der Waals surface area contributed by atoms with Gasteiger partial charge in [0.05, 0.1) is 19.7 Å². The Hall–Kier alpha value is -1.66. The van der Waals surface area contributed by atoms with Gasteiger partial charge in [-0.25, -0.2) is 9.67 Å². The molecule has 0 radical (unpaired) electrons. The average molecular weight is 290 g/mol. The van der Waals surface area contributed by atoms with Crippen LogP contribution in [-0.4, -0.2) is 44.5 Å². The van der Waals surface area contributed by atoms with Gasteiger partial charge in [0.1, 0.15) is 5.76 Å². The van der Waals surface area contributed by atoms with Crippen LogP contribution in [0, 0.1) is 0 Å². The van der Waals surface area contributed by atoms with Gasteiger partial charge in [0.15, 0.2) is 17.4 Å². The van der Waals surface area contributed by atoms with Crippen molar-refractivity contribution in [2.45, 2.75) is 39.3 Å². The van der Waals surface area contributed by atoms with Gasteiger partial charge in [0.25, 0.3) is 0 Å². The standard InChI is InChI=1S/C15H22N4O2/c1-2-14-16-15(19(17-14)9-10-20)13-6-5-12(21-13)11-18-7-3-4-8-18/h5-6,20H,2-4,7-11H2,1H3. The zero-order valence-corrected chi connectivity index (χ0v) is 12.5. The van der Waals surface area contributed by atoms with Gasteiger partial charge in [-0.3, -0.25) is 4.90 Å². The van der Waals surface area contributed by atoms with E-state index in [1.165, 1.54) is 12.8 Å². The molecule has 2 aromatic rings. The molecule has 21 heavy (non-hydrogen) atoms. The predicted octanol–water partition coefficient (Wildman–Crippen LogP) is 1.69. The van der Waals surface area contributed by atoms with Gasteiger partial charge in [-0.15, -0.1) is 0 Å². The summed E-state index contributed by atoms with van der Waals surface area (Å²) in [5.41, 5.74) is 0. The van der Waals surface area contributed by atoms with Crippen LogP contribution in [0.3, 0.4) is 0 Å². The summed E-state index contributed by atoms with van der Waals surface area (Å²) >= 11 is 0. The molecule has 0 aromatic carbocycles. The third kappa shape index (κ3) is 3.16. The summed E-state index contributed by atoms with van der Waals surface area (Å²) in [6.07, 6.45) is 3.32. The van der Waals surface area contributed by atoms with Gasteiger partial charge in [-0.2, -0.15) is 5.10 Å². The fraction of sp³-hybridized carbons (Fsp3) is 0.600. The van der Waals surface area contributed by atoms with E-state index in [1.807, 2.05) is 19.1 Å². The Morgan fingerprint density at radius 2 is 2.10 bits per heavy atom. The Balaban J connectivity index is 1.79. The summed E-state index contributed by atoms with van der Waals surface area (Å²) in [5.74, 6) is 3.16. The molecule has 1 N–H and O–H groups in total. The van der Waals surface area contributed by atoms with E-state index in [-0.39, 0.29) is 6.61 Å². The van der Waals surface area contributed by atoms with E-state index in [0.29, 0.717) is 12.4 Å². The highest BCUT2D eigenvalue weighted by atomic mass is 16.3. The first-order valence-electron chi connectivity index (χ1n) is 7.66. The van der Waals surface area contributed by atoms with Crippen LogP contribution in [0.15, 0.2) is 16.5 Å². The maximum absolute atomic E-state index is 9.14. The predicted molar refractivity (Wildman–Crippen MR) is 78.7 cm³/mol. The highest BCUT2D eigenvalue weighted by Gasteiger charge is 2.17. The second kappa shape index (κ2) is 6.41. The van der Waals surface area contributed by atoms with E-state index in [2.05, 4.69) is 15.0 Å². The van der Waals surface area contributed by atoms with Crippen molar-refractivity contribution in [3.05, 3.63) is 23.7 Å². The summed E-state index contributed by atoms with van der Waals surface area (Å²) in [7, 11) is 0. The number of aryl methyl sites for hydroxylation is 1. The molecule has 2 aromatic heterocycles. The van der Waals surface area contributed by atoms with Crippen molar-refractivity contribution in [2.24, 2.45) is 0 Å². The summed E-state index contributed by atoms with van der Waals surface area (Å²) in [5, 5.41) is 13.5. The number of aliphatic hydroxyl groups excluding tert-OH is 1. The lowest BCUT2D eigenvalue weighted by atomic mass is 10.4. The molecule has 3 rings (SSSR count). The van der Waals surface area contributed by atoms with E-state index in [1.54, 1.807) is 4.68 Å². The zero-order valence-electron chi connectivity index (χ0n) is 12.5. The topological polar surface area (TPSA) is 67.3 Å². The number of hydrogen-bond acceptors (Lipinski definition) is 5. The van der Waals surface area contributed by atoms with Gasteiger partial charge in [0, 0.05) is 6.42 Å². The molecule has 0 saturated carbocycles. The fourth-order valence-electron chi connectivity index (χ4n) is 2.72. The van der Waals surface area contributed by atoms with Crippen molar-refractivity contribution in [1.29, 1.82) is 0 Å². The Bertz CT molecular complexity index is 584. The number of rotatable bonds is 6. The van der Waals surface area contributed by atoms with Crippen LogP contribution in [-0.2, 0) is 19.5 Å². The molecule has 0 unspecified atom stereocenters. The van der Waals surface area contributed by atoms with Crippen molar-refractivity contribution < 1.29 is 9.52 Å². The maximum Gasteiger partial charge on any atom is 0.194 e. The second-order valence-corrected chi connectivity index (χ2v) is 5.40. The first-order chi connectivity index (χ1) is 10.3. The monoisotopic (exact) mass is 290 g/mol. The number of furan rings is 1. The quantitative estimate of drug-likeness (QED) is 0.877. The number of likely N-dealkylation sites (tertiary alicyclic amines) is 1. The highest BCUT2D eigenvalue weighted by molar-refractivity contribution is 5.47. The molecule has 1 saturated heterocycles. The molecule has 0 spiro atoms. The van der Waals surface area contributed by atoms with Crippen molar-refractivity contribution in [3.8, 4) is 11.6 Å². The van der Waals surface area contributed by atoms with Crippen LogP contribution in [0.5, 0.6) is 0 Å². The number of aromatic nitrogens is 3. The van der Waals surface area contributed by atoms with Crippen LogP contribution in [0.4, 0.5) is 0 Å². The highest BCUT2D eigenvalue weighted by Crippen LogP contribution is 2.22. The van der Waals surface area contributed by atoms with Gasteiger partial charge < -0.3 is 9.52 Å². The van der Waals surface area contributed by atoms with Gasteiger partial charge in [-0.1, -0.05) is 6.92 Å². The largest absolute Gasteiger partial charge is 0.456 e. The first kappa shape index (κ1) is 14.3. The van der Waals surface area contributed by atoms with Gasteiger partial charge >= 0.3 is 0 Å². The van der Waals surface area contributed by atoms with E-state index < -0.39 is 0 Å². The van der Waals surface area contributed by atoms with Crippen LogP contribution < -0.4 is 0 Å². The lowest BCUT2D eigenvalue weighted by Crippen LogP contribution is -2.17. The van der Waals surface area contributed by atoms with Crippen molar-refractivity contribution in [2.75, 3.05) is 19.7 Å². The minimum Gasteiger partial charge on any atom is -0.456 e. The minimum absolute atomic E-state index is 0.0425. The van der Waals surface area contributed by atoms with Crippen molar-refractivity contribution in [1.82, 2.24) is 19.7 Å². The molecule has 0 amide bonds. The summed E-state index contributed by atoms with van der Waals surface area (Å²) < 4.78 is 7.65. The maximum atomic E-state index is 9.14. The molecule has 1 aliphatic heterocycles. The molecular formula is C15H22N4O2. The van der Waals surface area contributed by atoms with Crippen LogP contribution in [0.1, 0.15) is 31.4 Å². The van der Waals surface area contributed by atoms with E-state index in [4.69, 9.17) is 9.52 Å².